The van der Waals surface area contributed by atoms with Gasteiger partial charge in [-0.3, -0.25) is 4.79 Å². The smallest absolute Gasteiger partial charge is 0.263 e. The Hall–Kier alpha value is -4.43. The zero-order valence-electron chi connectivity index (χ0n) is 23.7. The lowest BCUT2D eigenvalue weighted by molar-refractivity contribution is 0.0767. The average Bonchev–Trinajstić information content (AvgIpc) is 3.26. The largest absolute Gasteiger partial charge is 0.457 e. The van der Waals surface area contributed by atoms with Crippen LogP contribution in [-0.2, 0) is 6.42 Å². The molecule has 8 nitrogen and oxygen atoms in total. The highest BCUT2D eigenvalue weighted by atomic mass is 35.5. The summed E-state index contributed by atoms with van der Waals surface area (Å²) in [6, 6.07) is 24.5. The Bertz CT molecular complexity index is 1690. The zero-order chi connectivity index (χ0) is 29.1. The molecule has 0 saturated carbocycles. The monoisotopic (exact) mass is 581 g/mol. The molecule has 2 aromatic heterocycles. The Morgan fingerprint density at radius 3 is 2.50 bits per heavy atom. The van der Waals surface area contributed by atoms with E-state index in [-0.39, 0.29) is 5.91 Å². The molecule has 0 bridgehead atoms. The van der Waals surface area contributed by atoms with E-state index in [1.165, 1.54) is 0 Å². The molecule has 9 heteroatoms. The van der Waals surface area contributed by atoms with Gasteiger partial charge in [-0.1, -0.05) is 60.9 Å². The Balaban J connectivity index is 1.33. The fourth-order valence-electron chi connectivity index (χ4n) is 5.20. The average molecular weight is 582 g/mol. The molecule has 0 atom stereocenters. The highest BCUT2D eigenvalue weighted by Crippen LogP contribution is 2.36. The minimum absolute atomic E-state index is 0.00254. The number of rotatable bonds is 7. The number of carbonyl (C=O) groups excluding carboxylic acids is 1. The van der Waals surface area contributed by atoms with Gasteiger partial charge in [-0.05, 0) is 60.9 Å². The van der Waals surface area contributed by atoms with Gasteiger partial charge in [0.15, 0.2) is 0 Å². The topological polar surface area (TPSA) is 84.6 Å². The summed E-state index contributed by atoms with van der Waals surface area (Å²) in [6.45, 7) is 6.86. The Kier molecular flexibility index (Phi) is 8.06. The van der Waals surface area contributed by atoms with Crippen LogP contribution in [0.15, 0.2) is 83.4 Å². The number of ether oxygens (including phenoxy) is 1. The van der Waals surface area contributed by atoms with Crippen LogP contribution in [0.25, 0.3) is 22.4 Å². The fourth-order valence-corrected chi connectivity index (χ4v) is 5.33. The van der Waals surface area contributed by atoms with Crippen molar-refractivity contribution < 1.29 is 14.1 Å². The van der Waals surface area contributed by atoms with Crippen LogP contribution in [-0.4, -0.2) is 52.1 Å². The third-order valence-corrected chi connectivity index (χ3v) is 7.47. The number of hydrogen-bond donors (Lipinski definition) is 0. The van der Waals surface area contributed by atoms with Gasteiger partial charge in [0.2, 0.25) is 0 Å². The molecule has 5 aromatic rings. The normalized spacial score (nSPS) is 13.9. The Morgan fingerprint density at radius 2 is 1.71 bits per heavy atom. The van der Waals surface area contributed by atoms with Crippen molar-refractivity contribution >= 4 is 34.4 Å². The summed E-state index contributed by atoms with van der Waals surface area (Å²) in [4.78, 5) is 27.2. The van der Waals surface area contributed by atoms with E-state index in [4.69, 9.17) is 30.8 Å². The van der Waals surface area contributed by atoms with E-state index < -0.39 is 0 Å². The van der Waals surface area contributed by atoms with Crippen molar-refractivity contribution in [3.8, 4) is 22.8 Å². The summed E-state index contributed by atoms with van der Waals surface area (Å²) in [5, 5.41) is 5.84. The van der Waals surface area contributed by atoms with E-state index >= 15 is 0 Å². The lowest BCUT2D eigenvalue weighted by atomic mass is 10.1. The van der Waals surface area contributed by atoms with Crippen molar-refractivity contribution in [1.29, 1.82) is 0 Å². The highest BCUT2D eigenvalue weighted by molar-refractivity contribution is 6.30. The van der Waals surface area contributed by atoms with Crippen LogP contribution in [0.1, 0.15) is 36.5 Å². The van der Waals surface area contributed by atoms with Crippen LogP contribution in [0.2, 0.25) is 5.02 Å². The second kappa shape index (κ2) is 12.2. The van der Waals surface area contributed by atoms with Gasteiger partial charge >= 0.3 is 0 Å². The second-order valence-electron chi connectivity index (χ2n) is 10.9. The molecule has 3 aromatic carbocycles. The number of aromatic nitrogens is 3. The van der Waals surface area contributed by atoms with Crippen molar-refractivity contribution in [2.75, 3.05) is 31.1 Å². The van der Waals surface area contributed by atoms with E-state index in [1.54, 1.807) is 24.3 Å². The summed E-state index contributed by atoms with van der Waals surface area (Å²) in [5.74, 6) is 3.32. The lowest BCUT2D eigenvalue weighted by Crippen LogP contribution is -2.35. The van der Waals surface area contributed by atoms with Crippen LogP contribution in [0.3, 0.4) is 0 Å². The molecule has 1 amide bonds. The lowest BCUT2D eigenvalue weighted by Gasteiger charge is -2.24. The number of fused-ring (bicyclic) bond motifs is 1. The molecule has 0 aliphatic carbocycles. The maximum absolute atomic E-state index is 13.3. The maximum Gasteiger partial charge on any atom is 0.263 e. The maximum atomic E-state index is 13.3. The van der Waals surface area contributed by atoms with Gasteiger partial charge in [0.1, 0.15) is 34.2 Å². The molecule has 0 radical (unpaired) electrons. The van der Waals surface area contributed by atoms with Crippen LogP contribution in [0.4, 0.5) is 5.82 Å². The summed E-state index contributed by atoms with van der Waals surface area (Å²) in [7, 11) is 0. The Morgan fingerprint density at radius 1 is 0.929 bits per heavy atom. The number of para-hydroxylation sites is 1. The SMILES string of the molecule is CC(C)Cc1nc(N2CCCN(C(=O)c3ccc(Cl)cc3)CC2)c2c(-c3cccc(Oc4ccccc4)c3)noc2n1. The molecule has 214 valence electrons. The summed E-state index contributed by atoms with van der Waals surface area (Å²) in [6.07, 6.45) is 1.51. The number of carbonyl (C=O) groups is 1. The summed E-state index contributed by atoms with van der Waals surface area (Å²) in [5.41, 5.74) is 2.60. The predicted molar refractivity (Wildman–Crippen MR) is 164 cm³/mol. The molecule has 1 fully saturated rings. The van der Waals surface area contributed by atoms with Gasteiger partial charge in [-0.25, -0.2) is 4.98 Å². The summed E-state index contributed by atoms with van der Waals surface area (Å²) < 4.78 is 11.9. The summed E-state index contributed by atoms with van der Waals surface area (Å²) >= 11 is 6.04. The highest BCUT2D eigenvalue weighted by Gasteiger charge is 2.26. The third-order valence-electron chi connectivity index (χ3n) is 7.21. The number of hydrogen-bond acceptors (Lipinski definition) is 7. The Labute approximate surface area is 249 Å². The van der Waals surface area contributed by atoms with Gasteiger partial charge in [-0.15, -0.1) is 0 Å². The van der Waals surface area contributed by atoms with Crippen LogP contribution in [0.5, 0.6) is 11.5 Å². The van der Waals surface area contributed by atoms with Crippen LogP contribution >= 0.6 is 11.6 Å². The van der Waals surface area contributed by atoms with Gasteiger partial charge in [0.25, 0.3) is 11.6 Å². The van der Waals surface area contributed by atoms with E-state index in [0.29, 0.717) is 59.7 Å². The number of nitrogens with zero attached hydrogens (tertiary/aromatic N) is 5. The molecule has 0 N–H and O–H groups in total. The first-order valence-electron chi connectivity index (χ1n) is 14.2. The van der Waals surface area contributed by atoms with Crippen molar-refractivity contribution in [2.45, 2.75) is 26.7 Å². The first kappa shape index (κ1) is 27.7. The van der Waals surface area contributed by atoms with Gasteiger partial charge in [-0.2, -0.15) is 4.98 Å². The third kappa shape index (κ3) is 6.09. The first-order chi connectivity index (χ1) is 20.4. The number of benzene rings is 3. The number of amides is 1. The quantitative estimate of drug-likeness (QED) is 0.200. The zero-order valence-corrected chi connectivity index (χ0v) is 24.4. The molecule has 0 unspecified atom stereocenters. The molecule has 1 saturated heterocycles. The number of anilines is 1. The molecule has 6 rings (SSSR count). The van der Waals surface area contributed by atoms with Gasteiger partial charge in [0.05, 0.1) is 0 Å². The van der Waals surface area contributed by atoms with E-state index in [1.807, 2.05) is 59.5 Å². The molecule has 0 spiro atoms. The molecule has 1 aliphatic heterocycles. The second-order valence-corrected chi connectivity index (χ2v) is 11.3. The molecule has 1 aliphatic rings. The molecular formula is C33H32ClN5O3. The van der Waals surface area contributed by atoms with Crippen LogP contribution < -0.4 is 9.64 Å². The minimum Gasteiger partial charge on any atom is -0.457 e. The van der Waals surface area contributed by atoms with Crippen molar-refractivity contribution in [2.24, 2.45) is 5.92 Å². The standard InChI is InChI=1S/C33H32ClN5O3/c1-22(2)20-28-35-31(38-16-7-17-39(19-18-38)33(40)23-12-14-25(34)15-13-23)29-30(37-42-32(29)36-28)24-8-6-11-27(21-24)41-26-9-4-3-5-10-26/h3-6,8-15,21-22H,7,16-20H2,1-2H3. The van der Waals surface area contributed by atoms with E-state index in [2.05, 4.69) is 23.9 Å². The van der Waals surface area contributed by atoms with Crippen LogP contribution in [0, 0.1) is 5.92 Å². The van der Waals surface area contributed by atoms with Gasteiger partial charge < -0.3 is 19.1 Å². The van der Waals surface area contributed by atoms with E-state index in [0.717, 1.165) is 41.3 Å². The van der Waals surface area contributed by atoms with Crippen molar-refractivity contribution in [3.05, 3.63) is 95.3 Å². The molecule has 42 heavy (non-hydrogen) atoms. The van der Waals surface area contributed by atoms with Crippen molar-refractivity contribution in [3.63, 3.8) is 0 Å². The number of halogens is 1. The molecular weight excluding hydrogens is 550 g/mol. The first-order valence-corrected chi connectivity index (χ1v) is 14.6. The minimum atomic E-state index is 0.00254. The molecule has 3 heterocycles. The van der Waals surface area contributed by atoms with Gasteiger partial charge in [0, 0.05) is 48.7 Å². The van der Waals surface area contributed by atoms with Crippen molar-refractivity contribution in [1.82, 2.24) is 20.0 Å². The fraction of sp³-hybridized carbons (Fsp3) is 0.273. The van der Waals surface area contributed by atoms with E-state index in [9.17, 15) is 4.79 Å². The predicted octanol–water partition coefficient (Wildman–Crippen LogP) is 7.28.